The van der Waals surface area contributed by atoms with Crippen LogP contribution in [0.4, 0.5) is 5.88 Å². The number of anilines is 1. The Bertz CT molecular complexity index is 783. The van der Waals surface area contributed by atoms with Gasteiger partial charge in [-0.25, -0.2) is 0 Å². The minimum atomic E-state index is -0.0823. The third kappa shape index (κ3) is 2.65. The molecule has 0 bridgehead atoms. The molecule has 22 heavy (non-hydrogen) atoms. The molecule has 0 unspecified atom stereocenters. The van der Waals surface area contributed by atoms with Gasteiger partial charge in [0.2, 0.25) is 0 Å². The molecule has 1 aromatic carbocycles. The molecule has 116 valence electrons. The molecule has 4 nitrogen and oxygen atoms in total. The molecule has 0 radical (unpaired) electrons. The van der Waals surface area contributed by atoms with E-state index in [4.69, 9.17) is 4.42 Å². The summed E-state index contributed by atoms with van der Waals surface area (Å²) in [5.41, 5.74) is 1.71. The predicted octanol–water partition coefficient (Wildman–Crippen LogP) is 3.54. The summed E-state index contributed by atoms with van der Waals surface area (Å²) in [4.78, 5) is 26.4. The van der Waals surface area contributed by atoms with Gasteiger partial charge < -0.3 is 9.32 Å². The van der Waals surface area contributed by atoms with Gasteiger partial charge in [0.05, 0.1) is 10.9 Å². The van der Waals surface area contributed by atoms with Crippen molar-refractivity contribution < 1.29 is 9.21 Å². The first-order valence-corrected chi connectivity index (χ1v) is 7.80. The van der Waals surface area contributed by atoms with Crippen molar-refractivity contribution in [1.82, 2.24) is 0 Å². The van der Waals surface area contributed by atoms with E-state index in [1.54, 1.807) is 18.2 Å². The Morgan fingerprint density at radius 2 is 1.91 bits per heavy atom. The summed E-state index contributed by atoms with van der Waals surface area (Å²) >= 11 is 0. The maximum Gasteiger partial charge on any atom is 0.200 e. The molecule has 0 amide bonds. The molecule has 4 heteroatoms. The van der Waals surface area contributed by atoms with Gasteiger partial charge in [-0.1, -0.05) is 6.92 Å². The van der Waals surface area contributed by atoms with Crippen molar-refractivity contribution in [2.45, 2.75) is 33.6 Å². The highest BCUT2D eigenvalue weighted by molar-refractivity contribution is 6.05. The first-order valence-electron chi connectivity index (χ1n) is 7.80. The first kappa shape index (κ1) is 14.8. The molecule has 0 aliphatic carbocycles. The highest BCUT2D eigenvalue weighted by Gasteiger charge is 2.20. The standard InChI is InChI=1S/C18H21NO3/c1-11-4-6-19(7-5-11)17-10-16(21)15-9-12(2)8-14(13(3)20)18(15)22-17/h8-11H,4-7H2,1-3H3. The Morgan fingerprint density at radius 1 is 1.23 bits per heavy atom. The van der Waals surface area contributed by atoms with Gasteiger partial charge in [-0.2, -0.15) is 0 Å². The maximum absolute atomic E-state index is 12.4. The Morgan fingerprint density at radius 3 is 2.55 bits per heavy atom. The van der Waals surface area contributed by atoms with E-state index in [-0.39, 0.29) is 11.2 Å². The fraction of sp³-hybridized carbons (Fsp3) is 0.444. The zero-order chi connectivity index (χ0) is 15.9. The van der Waals surface area contributed by atoms with Crippen LogP contribution in [-0.2, 0) is 0 Å². The molecule has 0 saturated carbocycles. The second-order valence-corrected chi connectivity index (χ2v) is 6.36. The fourth-order valence-corrected chi connectivity index (χ4v) is 3.04. The molecule has 2 aromatic rings. The number of hydrogen-bond acceptors (Lipinski definition) is 4. The number of piperidine rings is 1. The molecule has 2 heterocycles. The summed E-state index contributed by atoms with van der Waals surface area (Å²) in [7, 11) is 0. The van der Waals surface area contributed by atoms with Gasteiger partial charge >= 0.3 is 0 Å². The molecular formula is C18H21NO3. The highest BCUT2D eigenvalue weighted by atomic mass is 16.4. The summed E-state index contributed by atoms with van der Waals surface area (Å²) in [6, 6.07) is 5.13. The SMILES string of the molecule is CC(=O)c1cc(C)cc2c(=O)cc(N3CCC(C)CC3)oc12. The number of nitrogens with zero attached hydrogens (tertiary/aromatic N) is 1. The number of aryl methyl sites for hydroxylation is 1. The molecule has 1 fully saturated rings. The zero-order valence-corrected chi connectivity index (χ0v) is 13.3. The topological polar surface area (TPSA) is 50.5 Å². The van der Waals surface area contributed by atoms with E-state index in [1.165, 1.54) is 6.92 Å². The van der Waals surface area contributed by atoms with Crippen molar-refractivity contribution in [3.05, 3.63) is 39.5 Å². The summed E-state index contributed by atoms with van der Waals surface area (Å²) in [5.74, 6) is 1.20. The van der Waals surface area contributed by atoms with Crippen LogP contribution < -0.4 is 10.3 Å². The van der Waals surface area contributed by atoms with Gasteiger partial charge in [0.15, 0.2) is 22.7 Å². The third-order valence-corrected chi connectivity index (χ3v) is 4.43. The van der Waals surface area contributed by atoms with Crippen LogP contribution in [0.15, 0.2) is 27.4 Å². The van der Waals surface area contributed by atoms with Crippen molar-refractivity contribution >= 4 is 22.6 Å². The predicted molar refractivity (Wildman–Crippen MR) is 87.8 cm³/mol. The molecule has 0 spiro atoms. The second kappa shape index (κ2) is 5.59. The maximum atomic E-state index is 12.4. The van der Waals surface area contributed by atoms with Crippen molar-refractivity contribution in [2.24, 2.45) is 5.92 Å². The lowest BCUT2D eigenvalue weighted by Gasteiger charge is -2.30. The van der Waals surface area contributed by atoms with Gasteiger partial charge in [0, 0.05) is 19.2 Å². The van der Waals surface area contributed by atoms with E-state index in [9.17, 15) is 9.59 Å². The molecule has 0 N–H and O–H groups in total. The summed E-state index contributed by atoms with van der Waals surface area (Å²) in [6.45, 7) is 7.40. The van der Waals surface area contributed by atoms with E-state index in [0.717, 1.165) is 31.5 Å². The highest BCUT2D eigenvalue weighted by Crippen LogP contribution is 2.27. The second-order valence-electron chi connectivity index (χ2n) is 6.36. The van der Waals surface area contributed by atoms with E-state index < -0.39 is 0 Å². The monoisotopic (exact) mass is 299 g/mol. The number of fused-ring (bicyclic) bond motifs is 1. The Balaban J connectivity index is 2.15. The number of hydrogen-bond donors (Lipinski definition) is 0. The van der Waals surface area contributed by atoms with E-state index in [1.807, 2.05) is 6.92 Å². The summed E-state index contributed by atoms with van der Waals surface area (Å²) < 4.78 is 5.97. The number of benzene rings is 1. The number of carbonyl (C=O) groups is 1. The van der Waals surface area contributed by atoms with Crippen LogP contribution >= 0.6 is 0 Å². The van der Waals surface area contributed by atoms with Crippen molar-refractivity contribution in [2.75, 3.05) is 18.0 Å². The van der Waals surface area contributed by atoms with Crippen LogP contribution in [0.5, 0.6) is 0 Å². The molecular weight excluding hydrogens is 278 g/mol. The van der Waals surface area contributed by atoms with Gasteiger partial charge in [0.1, 0.15) is 0 Å². The molecule has 3 rings (SSSR count). The number of rotatable bonds is 2. The van der Waals surface area contributed by atoms with E-state index in [2.05, 4.69) is 11.8 Å². The molecule has 1 aliphatic rings. The van der Waals surface area contributed by atoms with Crippen LogP contribution in [0.1, 0.15) is 42.6 Å². The average Bonchev–Trinajstić information content (AvgIpc) is 2.47. The quantitative estimate of drug-likeness (QED) is 0.796. The largest absolute Gasteiger partial charge is 0.440 e. The van der Waals surface area contributed by atoms with E-state index >= 15 is 0 Å². The van der Waals surface area contributed by atoms with Crippen LogP contribution in [0.2, 0.25) is 0 Å². The van der Waals surface area contributed by atoms with Crippen LogP contribution in [0, 0.1) is 12.8 Å². The van der Waals surface area contributed by atoms with Crippen molar-refractivity contribution in [3.8, 4) is 0 Å². The van der Waals surface area contributed by atoms with Gasteiger partial charge in [-0.15, -0.1) is 0 Å². The first-order chi connectivity index (χ1) is 10.5. The van der Waals surface area contributed by atoms with Crippen molar-refractivity contribution in [1.29, 1.82) is 0 Å². The average molecular weight is 299 g/mol. The van der Waals surface area contributed by atoms with Gasteiger partial charge in [-0.05, 0) is 50.3 Å². The third-order valence-electron chi connectivity index (χ3n) is 4.43. The molecule has 1 saturated heterocycles. The molecule has 1 aromatic heterocycles. The lowest BCUT2D eigenvalue weighted by atomic mass is 9.99. The van der Waals surface area contributed by atoms with Crippen LogP contribution in [0.3, 0.4) is 0 Å². The lowest BCUT2D eigenvalue weighted by molar-refractivity contribution is 0.101. The minimum absolute atomic E-state index is 0.0822. The normalized spacial score (nSPS) is 16.2. The Labute approximate surface area is 129 Å². The number of ketones is 1. The number of Topliss-reactive ketones (excluding diaryl/α,β-unsaturated/α-hetero) is 1. The fourth-order valence-electron chi connectivity index (χ4n) is 3.04. The Kier molecular flexibility index (Phi) is 3.77. The summed E-state index contributed by atoms with van der Waals surface area (Å²) in [6.07, 6.45) is 2.18. The van der Waals surface area contributed by atoms with Crippen LogP contribution in [0.25, 0.3) is 11.0 Å². The number of carbonyl (C=O) groups excluding carboxylic acids is 1. The van der Waals surface area contributed by atoms with Crippen molar-refractivity contribution in [3.63, 3.8) is 0 Å². The molecule has 1 aliphatic heterocycles. The van der Waals surface area contributed by atoms with Gasteiger partial charge in [0.25, 0.3) is 0 Å². The van der Waals surface area contributed by atoms with E-state index in [0.29, 0.717) is 28.3 Å². The molecule has 0 atom stereocenters. The minimum Gasteiger partial charge on any atom is -0.440 e. The summed E-state index contributed by atoms with van der Waals surface area (Å²) in [5, 5.41) is 0.485. The van der Waals surface area contributed by atoms with Crippen LogP contribution in [-0.4, -0.2) is 18.9 Å². The van der Waals surface area contributed by atoms with Gasteiger partial charge in [-0.3, -0.25) is 9.59 Å². The smallest absolute Gasteiger partial charge is 0.200 e. The Hall–Kier alpha value is -2.10. The lowest BCUT2D eigenvalue weighted by Crippen LogP contribution is -2.33. The zero-order valence-electron chi connectivity index (χ0n) is 13.3.